The Morgan fingerprint density at radius 2 is 1.67 bits per heavy atom. The predicted molar refractivity (Wildman–Crippen MR) is 38.7 cm³/mol. The molecule has 2 aliphatic rings. The molecule has 0 amide bonds. The van der Waals surface area contributed by atoms with Crippen LogP contribution in [0.4, 0.5) is 0 Å². The van der Waals surface area contributed by atoms with E-state index in [1.54, 1.807) is 0 Å². The Hall–Kier alpha value is -0.780. The van der Waals surface area contributed by atoms with Crippen LogP contribution < -0.4 is 0 Å². The fourth-order valence-corrected chi connectivity index (χ4v) is 1.44. The predicted octanol–water partition coefficient (Wildman–Crippen LogP) is 2.46. The van der Waals surface area contributed by atoms with E-state index in [0.717, 1.165) is 5.92 Å². The van der Waals surface area contributed by atoms with Crippen molar-refractivity contribution in [2.75, 3.05) is 0 Å². The molecule has 0 heterocycles. The van der Waals surface area contributed by atoms with Crippen LogP contribution in [-0.2, 0) is 0 Å². The molecule has 0 radical (unpaired) electrons. The molecule has 0 atom stereocenters. The molecule has 0 nitrogen and oxygen atoms in total. The minimum absolute atomic E-state index is 0.730. The third-order valence-electron chi connectivity index (χ3n) is 2.12. The lowest BCUT2D eigenvalue weighted by molar-refractivity contribution is 0.848. The second-order valence-electron chi connectivity index (χ2n) is 2.90. The molecule has 9 heavy (non-hydrogen) atoms. The van der Waals surface area contributed by atoms with Crippen LogP contribution >= 0.6 is 0 Å². The number of rotatable bonds is 0. The average Bonchev–Trinajstić information content (AvgIpc) is 1.87. The van der Waals surface area contributed by atoms with E-state index in [1.807, 2.05) is 0 Å². The second kappa shape index (κ2) is 1.38. The van der Waals surface area contributed by atoms with Crippen LogP contribution in [0.15, 0.2) is 18.2 Å². The molecule has 0 unspecified atom stereocenters. The second-order valence-corrected chi connectivity index (χ2v) is 2.90. The highest BCUT2D eigenvalue weighted by atomic mass is 14.2. The molecule has 0 saturated carbocycles. The third-order valence-corrected chi connectivity index (χ3v) is 2.12. The number of benzene rings is 1. The van der Waals surface area contributed by atoms with E-state index >= 15 is 0 Å². The zero-order valence-electron chi connectivity index (χ0n) is 5.81. The summed E-state index contributed by atoms with van der Waals surface area (Å²) in [7, 11) is 0. The van der Waals surface area contributed by atoms with Crippen LogP contribution in [0, 0.1) is 6.92 Å². The van der Waals surface area contributed by atoms with Gasteiger partial charge in [0.2, 0.25) is 0 Å². The van der Waals surface area contributed by atoms with E-state index in [1.165, 1.54) is 16.7 Å². The van der Waals surface area contributed by atoms with Gasteiger partial charge in [0.1, 0.15) is 0 Å². The van der Waals surface area contributed by atoms with Gasteiger partial charge in [-0.25, -0.2) is 0 Å². The minimum atomic E-state index is 0.730. The molecule has 2 aliphatic carbocycles. The molecule has 0 aromatic heterocycles. The topological polar surface area (TPSA) is 0 Å². The standard InChI is InChI=1S/C9H10/c1-6-3-8-5-9(4-6)7(8)2/h3-5,7H,1-2H3. The van der Waals surface area contributed by atoms with Crippen molar-refractivity contribution in [3.63, 3.8) is 0 Å². The Morgan fingerprint density at radius 1 is 1.11 bits per heavy atom. The molecule has 0 aliphatic heterocycles. The summed E-state index contributed by atoms with van der Waals surface area (Å²) in [5, 5.41) is 0. The van der Waals surface area contributed by atoms with Crippen LogP contribution in [0.2, 0.25) is 0 Å². The first-order valence-electron chi connectivity index (χ1n) is 3.39. The van der Waals surface area contributed by atoms with Crippen molar-refractivity contribution in [1.29, 1.82) is 0 Å². The summed E-state index contributed by atoms with van der Waals surface area (Å²) in [6.07, 6.45) is 0. The Bertz CT molecular complexity index is 226. The monoisotopic (exact) mass is 118 g/mol. The zero-order valence-corrected chi connectivity index (χ0v) is 5.81. The van der Waals surface area contributed by atoms with Gasteiger partial charge in [0, 0.05) is 5.92 Å². The van der Waals surface area contributed by atoms with Crippen LogP contribution in [0.1, 0.15) is 29.5 Å². The summed E-state index contributed by atoms with van der Waals surface area (Å²) in [6.45, 7) is 4.41. The lowest BCUT2D eigenvalue weighted by Crippen LogP contribution is -2.07. The van der Waals surface area contributed by atoms with Crippen molar-refractivity contribution in [3.05, 3.63) is 34.9 Å². The molecule has 0 heteroatoms. The van der Waals surface area contributed by atoms with Gasteiger partial charge in [-0.15, -0.1) is 0 Å². The van der Waals surface area contributed by atoms with Crippen LogP contribution in [0.25, 0.3) is 0 Å². The van der Waals surface area contributed by atoms with E-state index in [4.69, 9.17) is 0 Å². The van der Waals surface area contributed by atoms with Crippen LogP contribution in [0.3, 0.4) is 0 Å². The number of fused-ring (bicyclic) bond motifs is 2. The fraction of sp³-hybridized carbons (Fsp3) is 0.333. The largest absolute Gasteiger partial charge is 0.0555 e. The van der Waals surface area contributed by atoms with Gasteiger partial charge in [-0.3, -0.25) is 0 Å². The molecule has 0 saturated heterocycles. The Balaban J connectivity index is 2.60. The van der Waals surface area contributed by atoms with Crippen molar-refractivity contribution >= 4 is 0 Å². The highest BCUT2D eigenvalue weighted by Gasteiger charge is 2.18. The summed E-state index contributed by atoms with van der Waals surface area (Å²) in [5.74, 6) is 0.730. The van der Waals surface area contributed by atoms with Gasteiger partial charge >= 0.3 is 0 Å². The van der Waals surface area contributed by atoms with Gasteiger partial charge in [-0.05, 0) is 18.1 Å². The highest BCUT2D eigenvalue weighted by molar-refractivity contribution is 5.46. The number of aryl methyl sites for hydroxylation is 1. The summed E-state index contributed by atoms with van der Waals surface area (Å²) in [5.41, 5.74) is 4.41. The first-order chi connectivity index (χ1) is 4.27. The first-order valence-corrected chi connectivity index (χ1v) is 3.39. The van der Waals surface area contributed by atoms with E-state index in [-0.39, 0.29) is 0 Å². The summed E-state index contributed by atoms with van der Waals surface area (Å²) < 4.78 is 0. The molecule has 0 N–H and O–H groups in total. The number of hydrogen-bond donors (Lipinski definition) is 0. The minimum Gasteiger partial charge on any atom is -0.0555 e. The van der Waals surface area contributed by atoms with E-state index in [0.29, 0.717) is 0 Å². The molecule has 0 spiro atoms. The average molecular weight is 118 g/mol. The zero-order chi connectivity index (χ0) is 6.43. The van der Waals surface area contributed by atoms with E-state index in [9.17, 15) is 0 Å². The number of hydrogen-bond acceptors (Lipinski definition) is 0. The lowest BCUT2D eigenvalue weighted by Gasteiger charge is -2.24. The molecule has 46 valence electrons. The molecule has 2 bridgehead atoms. The van der Waals surface area contributed by atoms with Crippen LogP contribution in [0.5, 0.6) is 0 Å². The van der Waals surface area contributed by atoms with Gasteiger partial charge in [-0.1, -0.05) is 30.7 Å². The SMILES string of the molecule is Cc1cc2cc(c1)C2C. The van der Waals surface area contributed by atoms with Gasteiger partial charge in [0.15, 0.2) is 0 Å². The first kappa shape index (κ1) is 5.04. The molecular formula is C9H10. The Morgan fingerprint density at radius 3 is 2.00 bits per heavy atom. The summed E-state index contributed by atoms with van der Waals surface area (Å²) >= 11 is 0. The fourth-order valence-electron chi connectivity index (χ4n) is 1.44. The summed E-state index contributed by atoms with van der Waals surface area (Å²) in [6, 6.07) is 6.78. The maximum Gasteiger partial charge on any atom is 0.00614 e. The normalized spacial score (nSPS) is 15.3. The van der Waals surface area contributed by atoms with Gasteiger partial charge < -0.3 is 0 Å². The van der Waals surface area contributed by atoms with E-state index in [2.05, 4.69) is 32.0 Å². The highest BCUT2D eigenvalue weighted by Crippen LogP contribution is 2.35. The maximum atomic E-state index is 2.26. The Kier molecular flexibility index (Phi) is 0.774. The maximum absolute atomic E-state index is 2.26. The molecular weight excluding hydrogens is 108 g/mol. The van der Waals surface area contributed by atoms with Crippen molar-refractivity contribution in [3.8, 4) is 0 Å². The quantitative estimate of drug-likeness (QED) is 0.491. The van der Waals surface area contributed by atoms with Gasteiger partial charge in [0.05, 0.1) is 0 Å². The molecule has 3 rings (SSSR count). The van der Waals surface area contributed by atoms with Crippen molar-refractivity contribution in [1.82, 2.24) is 0 Å². The van der Waals surface area contributed by atoms with Crippen molar-refractivity contribution < 1.29 is 0 Å². The summed E-state index contributed by atoms with van der Waals surface area (Å²) in [4.78, 5) is 0. The van der Waals surface area contributed by atoms with Gasteiger partial charge in [-0.2, -0.15) is 0 Å². The molecule has 1 aromatic carbocycles. The smallest absolute Gasteiger partial charge is 0.00614 e. The van der Waals surface area contributed by atoms with Crippen molar-refractivity contribution in [2.24, 2.45) is 0 Å². The van der Waals surface area contributed by atoms with Gasteiger partial charge in [0.25, 0.3) is 0 Å². The molecule has 1 aromatic rings. The van der Waals surface area contributed by atoms with Crippen molar-refractivity contribution in [2.45, 2.75) is 19.8 Å². The van der Waals surface area contributed by atoms with Crippen LogP contribution in [-0.4, -0.2) is 0 Å². The molecule has 0 fully saturated rings. The Labute approximate surface area is 55.5 Å². The lowest BCUT2D eigenvalue weighted by atomic mass is 9.81. The third kappa shape index (κ3) is 0.533. The van der Waals surface area contributed by atoms with E-state index < -0.39 is 0 Å².